The van der Waals surface area contributed by atoms with Gasteiger partial charge in [-0.05, 0) is 6.07 Å². The van der Waals surface area contributed by atoms with Crippen LogP contribution in [-0.4, -0.2) is 15.0 Å². The quantitative estimate of drug-likeness (QED) is 0.802. The van der Waals surface area contributed by atoms with Gasteiger partial charge in [-0.15, -0.1) is 0 Å². The van der Waals surface area contributed by atoms with Crippen LogP contribution in [0.1, 0.15) is 0 Å². The summed E-state index contributed by atoms with van der Waals surface area (Å²) < 4.78 is 49.9. The molecule has 0 unspecified atom stereocenters. The second-order valence-corrected chi connectivity index (χ2v) is 5.88. The molecule has 0 saturated carbocycles. The molecule has 0 aliphatic carbocycles. The van der Waals surface area contributed by atoms with Crippen molar-refractivity contribution in [1.82, 2.24) is 0 Å². The van der Waals surface area contributed by atoms with Gasteiger partial charge in [-0.2, -0.15) is 8.78 Å². The molecular formula is C7H3Cl3F2O3S. The fourth-order valence-corrected chi connectivity index (χ4v) is 2.70. The number of hydrogen-bond donors (Lipinski definition) is 0. The minimum atomic E-state index is -4.18. The van der Waals surface area contributed by atoms with Crippen molar-refractivity contribution in [2.75, 3.05) is 0 Å². The van der Waals surface area contributed by atoms with Gasteiger partial charge in [0.1, 0.15) is 15.7 Å². The Morgan fingerprint density at radius 3 is 2.25 bits per heavy atom. The van der Waals surface area contributed by atoms with Gasteiger partial charge in [0.25, 0.3) is 9.05 Å². The normalized spacial score (nSPS) is 11.9. The summed E-state index contributed by atoms with van der Waals surface area (Å²) in [7, 11) is 0.847. The lowest BCUT2D eigenvalue weighted by molar-refractivity contribution is -0.0499. The van der Waals surface area contributed by atoms with Crippen molar-refractivity contribution < 1.29 is 21.9 Å². The lowest BCUT2D eigenvalue weighted by Gasteiger charge is -2.09. The first kappa shape index (κ1) is 13.8. The van der Waals surface area contributed by atoms with Crippen molar-refractivity contribution in [2.45, 2.75) is 11.5 Å². The smallest absolute Gasteiger partial charge is 0.387 e. The molecular weight excluding hydrogens is 308 g/mol. The molecule has 0 aromatic heterocycles. The molecule has 1 rings (SSSR count). The monoisotopic (exact) mass is 310 g/mol. The van der Waals surface area contributed by atoms with E-state index in [2.05, 4.69) is 4.74 Å². The Bertz CT molecular complexity index is 504. The number of rotatable bonds is 3. The Morgan fingerprint density at radius 1 is 1.25 bits per heavy atom. The zero-order valence-corrected chi connectivity index (χ0v) is 10.3. The maximum Gasteiger partial charge on any atom is 0.387 e. The molecule has 3 nitrogen and oxygen atoms in total. The third kappa shape index (κ3) is 3.35. The van der Waals surface area contributed by atoms with Crippen molar-refractivity contribution in [2.24, 2.45) is 0 Å². The average molecular weight is 312 g/mol. The predicted molar refractivity (Wildman–Crippen MR) is 56.1 cm³/mol. The summed E-state index contributed by atoms with van der Waals surface area (Å²) in [4.78, 5) is -0.584. The van der Waals surface area contributed by atoms with Gasteiger partial charge in [0.15, 0.2) is 0 Å². The number of alkyl halides is 2. The van der Waals surface area contributed by atoms with Crippen LogP contribution in [0.2, 0.25) is 10.0 Å². The lowest BCUT2D eigenvalue weighted by atomic mass is 10.3. The molecule has 0 heterocycles. The van der Waals surface area contributed by atoms with Gasteiger partial charge in [0, 0.05) is 21.8 Å². The van der Waals surface area contributed by atoms with E-state index >= 15 is 0 Å². The van der Waals surface area contributed by atoms with Gasteiger partial charge in [-0.3, -0.25) is 0 Å². The molecule has 0 aliphatic rings. The zero-order chi connectivity index (χ0) is 12.5. The van der Waals surface area contributed by atoms with E-state index in [0.29, 0.717) is 0 Å². The molecule has 0 saturated heterocycles. The number of benzene rings is 1. The van der Waals surface area contributed by atoms with Crippen LogP contribution in [0.25, 0.3) is 0 Å². The molecule has 0 radical (unpaired) electrons. The van der Waals surface area contributed by atoms with E-state index in [1.165, 1.54) is 0 Å². The highest BCUT2D eigenvalue weighted by atomic mass is 35.7. The van der Waals surface area contributed by atoms with Crippen molar-refractivity contribution in [3.05, 3.63) is 22.2 Å². The minimum Gasteiger partial charge on any atom is -0.433 e. The van der Waals surface area contributed by atoms with Gasteiger partial charge in [0.2, 0.25) is 0 Å². The zero-order valence-electron chi connectivity index (χ0n) is 7.25. The van der Waals surface area contributed by atoms with Gasteiger partial charge >= 0.3 is 6.61 Å². The molecule has 0 spiro atoms. The van der Waals surface area contributed by atoms with E-state index in [-0.39, 0.29) is 5.02 Å². The third-order valence-electron chi connectivity index (χ3n) is 1.45. The van der Waals surface area contributed by atoms with E-state index in [0.717, 1.165) is 12.1 Å². The molecule has 0 fully saturated rings. The average Bonchev–Trinajstić information content (AvgIpc) is 2.07. The SMILES string of the molecule is O=S(=O)(Cl)c1cc(Cl)cc(OC(F)F)c1Cl. The first-order valence-corrected chi connectivity index (χ1v) is 6.67. The summed E-state index contributed by atoms with van der Waals surface area (Å²) in [5, 5.41) is -0.682. The van der Waals surface area contributed by atoms with Gasteiger partial charge in [0.05, 0.1) is 0 Å². The van der Waals surface area contributed by atoms with Crippen molar-refractivity contribution in [3.63, 3.8) is 0 Å². The Morgan fingerprint density at radius 2 is 1.81 bits per heavy atom. The van der Waals surface area contributed by atoms with Crippen LogP contribution in [0.5, 0.6) is 5.75 Å². The molecule has 0 aliphatic heterocycles. The highest BCUT2D eigenvalue weighted by molar-refractivity contribution is 8.13. The highest BCUT2D eigenvalue weighted by Gasteiger charge is 2.21. The Kier molecular flexibility index (Phi) is 4.23. The Hall–Kier alpha value is -0.300. The third-order valence-corrected chi connectivity index (χ3v) is 3.52. The Labute approximate surface area is 104 Å². The summed E-state index contributed by atoms with van der Waals surface area (Å²) in [6.45, 7) is -3.15. The minimum absolute atomic E-state index is 0.140. The van der Waals surface area contributed by atoms with E-state index < -0.39 is 31.3 Å². The van der Waals surface area contributed by atoms with Crippen LogP contribution in [0.3, 0.4) is 0 Å². The summed E-state index contributed by atoms with van der Waals surface area (Å²) in [5.74, 6) is -0.552. The summed E-state index contributed by atoms with van der Waals surface area (Å²) in [6.07, 6.45) is 0. The highest BCUT2D eigenvalue weighted by Crippen LogP contribution is 2.36. The van der Waals surface area contributed by atoms with Crippen LogP contribution in [0.15, 0.2) is 17.0 Å². The van der Waals surface area contributed by atoms with Crippen LogP contribution in [-0.2, 0) is 9.05 Å². The number of ether oxygens (including phenoxy) is 1. The molecule has 1 aromatic carbocycles. The molecule has 0 atom stereocenters. The van der Waals surface area contributed by atoms with Gasteiger partial charge in [-0.1, -0.05) is 23.2 Å². The van der Waals surface area contributed by atoms with Gasteiger partial charge < -0.3 is 4.74 Å². The maximum absolute atomic E-state index is 12.0. The first-order valence-electron chi connectivity index (χ1n) is 3.60. The second-order valence-electron chi connectivity index (χ2n) is 2.53. The lowest BCUT2D eigenvalue weighted by Crippen LogP contribution is -2.04. The van der Waals surface area contributed by atoms with E-state index in [1.807, 2.05) is 0 Å². The van der Waals surface area contributed by atoms with E-state index in [4.69, 9.17) is 33.9 Å². The van der Waals surface area contributed by atoms with Crippen LogP contribution in [0.4, 0.5) is 8.78 Å². The van der Waals surface area contributed by atoms with Crippen LogP contribution < -0.4 is 4.74 Å². The molecule has 0 N–H and O–H groups in total. The van der Waals surface area contributed by atoms with Crippen molar-refractivity contribution in [1.29, 1.82) is 0 Å². The maximum atomic E-state index is 12.0. The van der Waals surface area contributed by atoms with E-state index in [1.54, 1.807) is 0 Å². The van der Waals surface area contributed by atoms with Crippen LogP contribution >= 0.6 is 33.9 Å². The first-order chi connectivity index (χ1) is 7.21. The summed E-state index contributed by atoms with van der Waals surface area (Å²) >= 11 is 11.0. The topological polar surface area (TPSA) is 43.4 Å². The van der Waals surface area contributed by atoms with Gasteiger partial charge in [-0.25, -0.2) is 8.42 Å². The number of halogens is 5. The Balaban J connectivity index is 3.38. The number of hydrogen-bond acceptors (Lipinski definition) is 3. The van der Waals surface area contributed by atoms with E-state index in [9.17, 15) is 17.2 Å². The molecule has 0 amide bonds. The molecule has 0 bridgehead atoms. The second kappa shape index (κ2) is 4.91. The fourth-order valence-electron chi connectivity index (χ4n) is 0.899. The molecule has 90 valence electrons. The molecule has 1 aromatic rings. The fraction of sp³-hybridized carbons (Fsp3) is 0.143. The molecule has 16 heavy (non-hydrogen) atoms. The summed E-state index contributed by atoms with van der Waals surface area (Å²) in [6, 6.07) is 1.90. The summed E-state index contributed by atoms with van der Waals surface area (Å²) in [5.41, 5.74) is 0. The largest absolute Gasteiger partial charge is 0.433 e. The van der Waals surface area contributed by atoms with Crippen LogP contribution in [0, 0.1) is 0 Å². The predicted octanol–water partition coefficient (Wildman–Crippen LogP) is 3.52. The van der Waals surface area contributed by atoms with Crippen molar-refractivity contribution in [3.8, 4) is 5.75 Å². The molecule has 9 heteroatoms. The standard InChI is InChI=1S/C7H3Cl3F2O3S/c8-3-1-4(15-7(11)12)6(9)5(2-3)16(10,13)14/h1-2,7H. The van der Waals surface area contributed by atoms with Crippen molar-refractivity contribution >= 4 is 42.9 Å².